The minimum Gasteiger partial charge on any atom is -0.506 e. The summed E-state index contributed by atoms with van der Waals surface area (Å²) in [6, 6.07) is 2.75. The second-order valence-electron chi connectivity index (χ2n) is 6.44. The van der Waals surface area contributed by atoms with Crippen LogP contribution in [0.4, 0.5) is 0 Å². The average molecular weight is 534 g/mol. The van der Waals surface area contributed by atoms with E-state index in [9.17, 15) is 24.9 Å². The van der Waals surface area contributed by atoms with Gasteiger partial charge in [0, 0.05) is 17.9 Å². The molecule has 4 radical (unpaired) electrons. The Morgan fingerprint density at radius 2 is 1.57 bits per heavy atom. The van der Waals surface area contributed by atoms with E-state index in [1.807, 2.05) is 0 Å². The van der Waals surface area contributed by atoms with Crippen molar-refractivity contribution in [2.75, 3.05) is 0 Å². The van der Waals surface area contributed by atoms with E-state index in [2.05, 4.69) is 31.9 Å². The Hall–Kier alpha value is -2.39. The number of esters is 1. The number of halogens is 2. The van der Waals surface area contributed by atoms with Gasteiger partial charge in [-0.25, -0.2) is 0 Å². The third kappa shape index (κ3) is 3.60. The lowest BCUT2D eigenvalue weighted by molar-refractivity contribution is -0.146. The summed E-state index contributed by atoms with van der Waals surface area (Å²) in [5.74, 6) is -2.83. The molecule has 0 saturated heterocycles. The zero-order valence-electron chi connectivity index (χ0n) is 15.6. The molecule has 3 N–H and O–H groups in total. The molecule has 11 heteroatoms. The first-order valence-corrected chi connectivity index (χ1v) is 9.99. The predicted octanol–water partition coefficient (Wildman–Crippen LogP) is 2.52. The Morgan fingerprint density at radius 3 is 2.10 bits per heavy atom. The normalized spacial score (nSPS) is 12.1. The van der Waals surface area contributed by atoms with E-state index in [1.165, 1.54) is 26.0 Å². The number of hydrogen-bond acceptors (Lipinski definition) is 7. The number of phenolic OH excluding ortho intramolecular Hbond substituents is 3. The number of hydrogen-bond donors (Lipinski definition) is 3. The molecule has 2 aromatic carbocycles. The van der Waals surface area contributed by atoms with Crippen LogP contribution in [0, 0.1) is 0 Å². The maximum absolute atomic E-state index is 13.4. The lowest BCUT2D eigenvalue weighted by Gasteiger charge is -2.12. The van der Waals surface area contributed by atoms with Gasteiger partial charge in [0.1, 0.15) is 32.8 Å². The fourth-order valence-electron chi connectivity index (χ4n) is 3.03. The highest BCUT2D eigenvalue weighted by Gasteiger charge is 2.31. The Bertz CT molecular complexity index is 1200. The van der Waals surface area contributed by atoms with E-state index in [0.717, 1.165) is 0 Å². The Balaban J connectivity index is 2.38. The highest BCUT2D eigenvalue weighted by atomic mass is 79.9. The number of furan rings is 1. The van der Waals surface area contributed by atoms with Crippen molar-refractivity contribution >= 4 is 81.2 Å². The van der Waals surface area contributed by atoms with E-state index >= 15 is 0 Å². The molecular weight excluding hydrogens is 522 g/mol. The highest BCUT2D eigenvalue weighted by molar-refractivity contribution is 9.11. The van der Waals surface area contributed by atoms with Crippen LogP contribution in [0.25, 0.3) is 11.0 Å². The molecule has 0 spiro atoms. The van der Waals surface area contributed by atoms with Crippen molar-refractivity contribution in [2.45, 2.75) is 20.0 Å². The topological polar surface area (TPSA) is 117 Å². The van der Waals surface area contributed by atoms with Crippen molar-refractivity contribution in [3.05, 3.63) is 38.0 Å². The minimum atomic E-state index is -1.01. The van der Waals surface area contributed by atoms with Crippen LogP contribution in [0.15, 0.2) is 25.5 Å². The quantitative estimate of drug-likeness (QED) is 0.204. The van der Waals surface area contributed by atoms with Crippen molar-refractivity contribution in [1.29, 1.82) is 0 Å². The van der Waals surface area contributed by atoms with Gasteiger partial charge in [0.2, 0.25) is 0 Å². The predicted molar refractivity (Wildman–Crippen MR) is 117 cm³/mol. The van der Waals surface area contributed by atoms with Crippen LogP contribution in [0.3, 0.4) is 0 Å². The van der Waals surface area contributed by atoms with Crippen molar-refractivity contribution in [2.24, 2.45) is 0 Å². The summed E-state index contributed by atoms with van der Waals surface area (Å²) in [4.78, 5) is 24.9. The van der Waals surface area contributed by atoms with E-state index in [0.29, 0.717) is 0 Å². The van der Waals surface area contributed by atoms with Gasteiger partial charge in [-0.15, -0.1) is 0 Å². The van der Waals surface area contributed by atoms with Crippen LogP contribution in [0.1, 0.15) is 41.6 Å². The molecule has 0 bridgehead atoms. The van der Waals surface area contributed by atoms with Crippen LogP contribution in [0.5, 0.6) is 17.2 Å². The fourth-order valence-corrected chi connectivity index (χ4v) is 4.22. The van der Waals surface area contributed by atoms with Gasteiger partial charge in [0.15, 0.2) is 23.4 Å². The van der Waals surface area contributed by atoms with Crippen LogP contribution < -0.4 is 10.9 Å². The molecule has 0 aliphatic rings. The molecule has 1 unspecified atom stereocenters. The van der Waals surface area contributed by atoms with Crippen LogP contribution >= 0.6 is 31.9 Å². The molecule has 30 heavy (non-hydrogen) atoms. The third-order valence-electron chi connectivity index (χ3n) is 4.40. The second kappa shape index (κ2) is 8.03. The summed E-state index contributed by atoms with van der Waals surface area (Å²) < 4.78 is 11.3. The summed E-state index contributed by atoms with van der Waals surface area (Å²) in [6.07, 6.45) is -1.01. The largest absolute Gasteiger partial charge is 0.506 e. The number of aromatic hydroxyl groups is 3. The number of fused-ring (bicyclic) bond motifs is 1. The molecule has 3 rings (SSSR count). The average Bonchev–Trinajstić information content (AvgIpc) is 3.08. The van der Waals surface area contributed by atoms with Crippen molar-refractivity contribution in [1.82, 2.24) is 0 Å². The second-order valence-corrected chi connectivity index (χ2v) is 8.15. The summed E-state index contributed by atoms with van der Waals surface area (Å²) in [5, 5.41) is 30.0. The van der Waals surface area contributed by atoms with Gasteiger partial charge in [0.05, 0.1) is 14.5 Å². The molecular formula is C19H12B2Br2O7. The molecule has 0 aliphatic heterocycles. The fraction of sp³-hybridized carbons (Fsp3) is 0.158. The Morgan fingerprint density at radius 1 is 1.03 bits per heavy atom. The first kappa shape index (κ1) is 22.3. The lowest BCUT2D eigenvalue weighted by atomic mass is 9.81. The first-order chi connectivity index (χ1) is 14.0. The number of rotatable bonds is 4. The lowest BCUT2D eigenvalue weighted by Crippen LogP contribution is -2.16. The molecule has 0 saturated carbocycles. The van der Waals surface area contributed by atoms with Crippen molar-refractivity contribution in [3.8, 4) is 17.2 Å². The van der Waals surface area contributed by atoms with Crippen molar-refractivity contribution < 1.29 is 34.1 Å². The zero-order chi connectivity index (χ0) is 22.5. The van der Waals surface area contributed by atoms with E-state index in [1.54, 1.807) is 0 Å². The Kier molecular flexibility index (Phi) is 5.97. The highest BCUT2D eigenvalue weighted by Crippen LogP contribution is 2.38. The first-order valence-electron chi connectivity index (χ1n) is 8.40. The zero-order valence-corrected chi connectivity index (χ0v) is 18.8. The van der Waals surface area contributed by atoms with Crippen molar-refractivity contribution in [3.63, 3.8) is 0 Å². The minimum absolute atomic E-state index is 0.0397. The molecule has 1 heterocycles. The molecule has 150 valence electrons. The number of carbonyl (C=O) groups excluding carboxylic acids is 2. The van der Waals surface area contributed by atoms with E-state index < -0.39 is 29.4 Å². The number of phenols is 3. The summed E-state index contributed by atoms with van der Waals surface area (Å²) in [7, 11) is 11.8. The smallest absolute Gasteiger partial charge is 0.303 e. The van der Waals surface area contributed by atoms with Gasteiger partial charge >= 0.3 is 5.97 Å². The van der Waals surface area contributed by atoms with Gasteiger partial charge in [-0.1, -0.05) is 0 Å². The van der Waals surface area contributed by atoms with Gasteiger partial charge in [-0.3, -0.25) is 9.59 Å². The van der Waals surface area contributed by atoms with Crippen LogP contribution in [-0.4, -0.2) is 42.8 Å². The van der Waals surface area contributed by atoms with Crippen LogP contribution in [-0.2, 0) is 9.53 Å². The number of ketones is 1. The number of benzene rings is 2. The summed E-state index contributed by atoms with van der Waals surface area (Å²) >= 11 is 6.33. The molecule has 3 aromatic rings. The van der Waals surface area contributed by atoms with Gasteiger partial charge in [0.25, 0.3) is 0 Å². The summed E-state index contributed by atoms with van der Waals surface area (Å²) in [5.41, 5.74) is -0.794. The third-order valence-corrected chi connectivity index (χ3v) is 5.61. The maximum Gasteiger partial charge on any atom is 0.303 e. The SMILES string of the molecule is [B]c1c(O)c(O)c([B])c2c(C(=O)c3cc(Br)c(O)c(Br)c3)c(C(C)OC(C)=O)oc12. The Labute approximate surface area is 190 Å². The molecule has 0 amide bonds. The standard InChI is InChI=1S/C19H12B2Br2O7/c1-5(29-6(2)24)18-11(14(25)7-3-8(22)15(26)9(23)4-7)10-12(20)16(27)17(28)13(21)19(10)30-18/h3-5,26-28H,1-2H3. The van der Waals surface area contributed by atoms with E-state index in [-0.39, 0.29) is 53.5 Å². The van der Waals surface area contributed by atoms with Gasteiger partial charge < -0.3 is 24.5 Å². The monoisotopic (exact) mass is 532 g/mol. The molecule has 1 aromatic heterocycles. The molecule has 1 atom stereocenters. The van der Waals surface area contributed by atoms with E-state index in [4.69, 9.17) is 24.8 Å². The maximum atomic E-state index is 13.4. The molecule has 0 aliphatic carbocycles. The van der Waals surface area contributed by atoms with Gasteiger partial charge in [-0.05, 0) is 61.8 Å². The molecule has 0 fully saturated rings. The van der Waals surface area contributed by atoms with Gasteiger partial charge in [-0.2, -0.15) is 0 Å². The van der Waals surface area contributed by atoms with Crippen LogP contribution in [0.2, 0.25) is 0 Å². The number of carbonyl (C=O) groups is 2. The summed E-state index contributed by atoms with van der Waals surface area (Å²) in [6.45, 7) is 2.67. The number of ether oxygens (including phenoxy) is 1. The molecule has 7 nitrogen and oxygen atoms in total.